The van der Waals surface area contributed by atoms with E-state index in [1.165, 1.54) is 35.6 Å². The van der Waals surface area contributed by atoms with Crippen molar-refractivity contribution in [3.05, 3.63) is 16.1 Å². The molecule has 1 fully saturated rings. The Morgan fingerprint density at radius 2 is 2.08 bits per heavy atom. The Hall–Kier alpha value is -0.370. The maximum absolute atomic E-state index is 4.54. The minimum Gasteiger partial charge on any atom is -0.249 e. The molecule has 1 aliphatic carbocycles. The zero-order valence-electron chi connectivity index (χ0n) is 8.42. The topological polar surface area (TPSA) is 12.9 Å². The molecule has 1 aliphatic rings. The van der Waals surface area contributed by atoms with Gasteiger partial charge in [0.05, 0.1) is 5.01 Å². The van der Waals surface area contributed by atoms with E-state index in [9.17, 15) is 0 Å². The van der Waals surface area contributed by atoms with Crippen LogP contribution < -0.4 is 0 Å². The van der Waals surface area contributed by atoms with Gasteiger partial charge in [-0.15, -0.1) is 11.3 Å². The van der Waals surface area contributed by atoms with E-state index in [-0.39, 0.29) is 0 Å². The second-order valence-electron chi connectivity index (χ2n) is 4.24. The maximum atomic E-state index is 4.54. The summed E-state index contributed by atoms with van der Waals surface area (Å²) in [5, 5.41) is 1.39. The second kappa shape index (κ2) is 3.79. The molecule has 72 valence electrons. The Kier molecular flexibility index (Phi) is 2.68. The van der Waals surface area contributed by atoms with E-state index in [4.69, 9.17) is 0 Å². The summed E-state index contributed by atoms with van der Waals surface area (Å²) in [6, 6.07) is 0. The molecule has 0 aromatic carbocycles. The van der Waals surface area contributed by atoms with Crippen molar-refractivity contribution >= 4 is 11.3 Å². The summed E-state index contributed by atoms with van der Waals surface area (Å²) in [4.78, 5) is 5.98. The summed E-state index contributed by atoms with van der Waals surface area (Å²) in [7, 11) is 0. The summed E-state index contributed by atoms with van der Waals surface area (Å²) in [6.45, 7) is 4.48. The van der Waals surface area contributed by atoms with Gasteiger partial charge in [-0.25, -0.2) is 4.98 Å². The third-order valence-corrected chi connectivity index (χ3v) is 4.28. The lowest BCUT2D eigenvalue weighted by Crippen LogP contribution is -1.88. The van der Waals surface area contributed by atoms with Gasteiger partial charge in [-0.05, 0) is 18.8 Å². The number of hydrogen-bond acceptors (Lipinski definition) is 2. The van der Waals surface area contributed by atoms with Crippen LogP contribution >= 0.6 is 11.3 Å². The predicted octanol–water partition coefficient (Wildman–Crippen LogP) is 3.92. The highest BCUT2D eigenvalue weighted by molar-refractivity contribution is 7.11. The molecule has 13 heavy (non-hydrogen) atoms. The van der Waals surface area contributed by atoms with Crippen molar-refractivity contribution < 1.29 is 0 Å². The van der Waals surface area contributed by atoms with E-state index in [1.807, 2.05) is 11.3 Å². The Balaban J connectivity index is 2.12. The smallest absolute Gasteiger partial charge is 0.0958 e. The molecule has 0 N–H and O–H groups in total. The molecule has 0 unspecified atom stereocenters. The van der Waals surface area contributed by atoms with Gasteiger partial charge in [0.2, 0.25) is 0 Å². The summed E-state index contributed by atoms with van der Waals surface area (Å²) >= 11 is 1.93. The number of rotatable bonds is 2. The van der Waals surface area contributed by atoms with Gasteiger partial charge in [0.25, 0.3) is 0 Å². The molecule has 2 heteroatoms. The zero-order valence-corrected chi connectivity index (χ0v) is 9.23. The third-order valence-electron chi connectivity index (χ3n) is 2.81. The van der Waals surface area contributed by atoms with Crippen LogP contribution in [0.1, 0.15) is 61.3 Å². The van der Waals surface area contributed by atoms with Crippen molar-refractivity contribution in [2.24, 2.45) is 0 Å². The fourth-order valence-corrected chi connectivity index (χ4v) is 3.02. The standard InChI is InChI=1S/C11H17NS/c1-8(2)10-7-12-11(13-10)9-5-3-4-6-9/h7-9H,3-6H2,1-2H3. The van der Waals surface area contributed by atoms with Crippen LogP contribution in [-0.4, -0.2) is 4.98 Å². The van der Waals surface area contributed by atoms with E-state index < -0.39 is 0 Å². The molecule has 1 heterocycles. The Morgan fingerprint density at radius 3 is 2.62 bits per heavy atom. The minimum atomic E-state index is 0.646. The van der Waals surface area contributed by atoms with Gasteiger partial charge in [-0.2, -0.15) is 0 Å². The lowest BCUT2D eigenvalue weighted by molar-refractivity contribution is 0.716. The first kappa shape index (κ1) is 9.20. The molecule has 0 spiro atoms. The third kappa shape index (κ3) is 1.93. The van der Waals surface area contributed by atoms with Crippen molar-refractivity contribution in [3.8, 4) is 0 Å². The van der Waals surface area contributed by atoms with E-state index in [0.717, 1.165) is 5.92 Å². The average Bonchev–Trinajstić information content (AvgIpc) is 2.75. The Bertz CT molecular complexity index is 271. The van der Waals surface area contributed by atoms with Crippen LogP contribution in [-0.2, 0) is 0 Å². The van der Waals surface area contributed by atoms with Crippen molar-refractivity contribution in [3.63, 3.8) is 0 Å². The van der Waals surface area contributed by atoms with Gasteiger partial charge in [-0.1, -0.05) is 26.7 Å². The lowest BCUT2D eigenvalue weighted by Gasteiger charge is -2.02. The van der Waals surface area contributed by atoms with Crippen LogP contribution in [0.25, 0.3) is 0 Å². The number of hydrogen-bond donors (Lipinski definition) is 0. The molecule has 0 bridgehead atoms. The molecule has 1 nitrogen and oxygen atoms in total. The number of nitrogens with zero attached hydrogens (tertiary/aromatic N) is 1. The van der Waals surface area contributed by atoms with Crippen LogP contribution in [0.5, 0.6) is 0 Å². The molecule has 2 rings (SSSR count). The maximum Gasteiger partial charge on any atom is 0.0958 e. The van der Waals surface area contributed by atoms with Gasteiger partial charge in [-0.3, -0.25) is 0 Å². The normalized spacial score (nSPS) is 18.7. The molecule has 0 radical (unpaired) electrons. The number of thiazole rings is 1. The fraction of sp³-hybridized carbons (Fsp3) is 0.727. The average molecular weight is 195 g/mol. The van der Waals surface area contributed by atoms with E-state index >= 15 is 0 Å². The summed E-state index contributed by atoms with van der Waals surface area (Å²) in [6.07, 6.45) is 7.61. The number of aromatic nitrogens is 1. The van der Waals surface area contributed by atoms with Crippen LogP contribution in [0.3, 0.4) is 0 Å². The van der Waals surface area contributed by atoms with E-state index in [0.29, 0.717) is 5.92 Å². The fourth-order valence-electron chi connectivity index (χ4n) is 1.93. The summed E-state index contributed by atoms with van der Waals surface area (Å²) < 4.78 is 0. The second-order valence-corrected chi connectivity index (χ2v) is 5.33. The SMILES string of the molecule is CC(C)c1cnc(C2CCCC2)s1. The van der Waals surface area contributed by atoms with E-state index in [2.05, 4.69) is 25.0 Å². The van der Waals surface area contributed by atoms with Gasteiger partial charge in [0.1, 0.15) is 0 Å². The van der Waals surface area contributed by atoms with Gasteiger partial charge in [0, 0.05) is 17.0 Å². The van der Waals surface area contributed by atoms with Crippen molar-refractivity contribution in [1.29, 1.82) is 0 Å². The Morgan fingerprint density at radius 1 is 1.38 bits per heavy atom. The molecule has 0 atom stereocenters. The van der Waals surface area contributed by atoms with Crippen LogP contribution in [0.2, 0.25) is 0 Å². The van der Waals surface area contributed by atoms with Gasteiger partial charge >= 0.3 is 0 Å². The van der Waals surface area contributed by atoms with Crippen molar-refractivity contribution in [1.82, 2.24) is 4.98 Å². The van der Waals surface area contributed by atoms with Crippen molar-refractivity contribution in [2.45, 2.75) is 51.4 Å². The molecule has 1 saturated carbocycles. The monoisotopic (exact) mass is 195 g/mol. The van der Waals surface area contributed by atoms with Gasteiger partial charge < -0.3 is 0 Å². The highest BCUT2D eigenvalue weighted by Gasteiger charge is 2.20. The first-order chi connectivity index (χ1) is 6.27. The largest absolute Gasteiger partial charge is 0.249 e. The molecule has 0 amide bonds. The summed E-state index contributed by atoms with van der Waals surface area (Å²) in [5.74, 6) is 1.44. The molecular weight excluding hydrogens is 178 g/mol. The quantitative estimate of drug-likeness (QED) is 0.697. The summed E-state index contributed by atoms with van der Waals surface area (Å²) in [5.41, 5.74) is 0. The van der Waals surface area contributed by atoms with Gasteiger partial charge in [0.15, 0.2) is 0 Å². The minimum absolute atomic E-state index is 0.646. The highest BCUT2D eigenvalue weighted by atomic mass is 32.1. The Labute approximate surface area is 84.2 Å². The zero-order chi connectivity index (χ0) is 9.26. The molecule has 1 aromatic rings. The lowest BCUT2D eigenvalue weighted by atomic mass is 10.1. The highest BCUT2D eigenvalue weighted by Crippen LogP contribution is 2.37. The van der Waals surface area contributed by atoms with Crippen molar-refractivity contribution in [2.75, 3.05) is 0 Å². The molecule has 0 saturated heterocycles. The van der Waals surface area contributed by atoms with E-state index in [1.54, 1.807) is 0 Å². The molecule has 0 aliphatic heterocycles. The molecule has 1 aromatic heterocycles. The first-order valence-corrected chi connectivity index (χ1v) is 6.04. The van der Waals surface area contributed by atoms with Crippen LogP contribution in [0.15, 0.2) is 6.20 Å². The van der Waals surface area contributed by atoms with Crippen LogP contribution in [0.4, 0.5) is 0 Å². The molecular formula is C11H17NS. The first-order valence-electron chi connectivity index (χ1n) is 5.23. The predicted molar refractivity (Wildman–Crippen MR) is 57.4 cm³/mol. The van der Waals surface area contributed by atoms with Crippen LogP contribution in [0, 0.1) is 0 Å².